The zero-order valence-corrected chi connectivity index (χ0v) is 15.3. The molecular weight excluding hydrogens is 365 g/mol. The van der Waals surface area contributed by atoms with Crippen molar-refractivity contribution in [2.45, 2.75) is 19.3 Å². The van der Waals surface area contributed by atoms with Gasteiger partial charge < -0.3 is 5.11 Å². The number of aromatic nitrogens is 1. The molecule has 0 fully saturated rings. The van der Waals surface area contributed by atoms with Crippen LogP contribution in [0.1, 0.15) is 17.7 Å². The Morgan fingerprint density at radius 1 is 1.07 bits per heavy atom. The molecule has 0 aliphatic carbocycles. The van der Waals surface area contributed by atoms with Crippen LogP contribution in [0.5, 0.6) is 0 Å². The second-order valence-electron chi connectivity index (χ2n) is 6.30. The molecule has 27 heavy (non-hydrogen) atoms. The van der Waals surface area contributed by atoms with Gasteiger partial charge in [-0.2, -0.15) is 0 Å². The number of halogens is 1. The van der Waals surface area contributed by atoms with Crippen LogP contribution >= 0.6 is 11.3 Å². The molecule has 0 bridgehead atoms. The number of nitrogens with zero attached hydrogens (tertiary/aromatic N) is 1. The maximum atomic E-state index is 13.0. The van der Waals surface area contributed by atoms with Gasteiger partial charge in [-0.25, -0.2) is 9.37 Å². The second kappa shape index (κ2) is 8.68. The third-order valence-electron chi connectivity index (χ3n) is 4.17. The summed E-state index contributed by atoms with van der Waals surface area (Å²) >= 11 is 1.38. The number of Topliss-reactive ketones (excluding diaryl/α,β-unsaturated/α-hetero) is 1. The van der Waals surface area contributed by atoms with Crippen molar-refractivity contribution in [3.63, 3.8) is 0 Å². The first-order valence-corrected chi connectivity index (χ1v) is 9.38. The Hall–Kier alpha value is -2.86. The monoisotopic (exact) mass is 383 g/mol. The second-order valence-corrected chi connectivity index (χ2v) is 7.15. The van der Waals surface area contributed by atoms with Crippen LogP contribution in [0.4, 0.5) is 4.39 Å². The van der Waals surface area contributed by atoms with Crippen molar-refractivity contribution in [2.75, 3.05) is 0 Å². The van der Waals surface area contributed by atoms with Crippen LogP contribution in [0.3, 0.4) is 0 Å². The number of rotatable bonds is 8. The molecule has 0 unspecified atom stereocenters. The Labute approximate surface area is 160 Å². The Balaban J connectivity index is 1.62. The van der Waals surface area contributed by atoms with Crippen LogP contribution in [-0.4, -0.2) is 21.8 Å². The standard InChI is InChI=1S/C21H18FNO3S/c22-17-8-6-15(7-9-17)20-23-18(13-27-20)12-19(24)11-16(21(25)26)10-14-4-2-1-3-5-14/h1-9,13,16H,10-12H2,(H,25,26)/t16-/m1/s1. The van der Waals surface area contributed by atoms with E-state index in [0.29, 0.717) is 17.1 Å². The Kier molecular flexibility index (Phi) is 6.08. The minimum Gasteiger partial charge on any atom is -0.481 e. The Morgan fingerprint density at radius 3 is 2.44 bits per heavy atom. The summed E-state index contributed by atoms with van der Waals surface area (Å²) in [5.74, 6) is -2.20. The first kappa shape index (κ1) is 18.9. The van der Waals surface area contributed by atoms with Crippen molar-refractivity contribution in [1.82, 2.24) is 4.98 Å². The number of hydrogen-bond donors (Lipinski definition) is 1. The molecule has 1 N–H and O–H groups in total. The minimum atomic E-state index is -0.975. The molecule has 3 rings (SSSR count). The number of aliphatic carboxylic acids is 1. The number of carbonyl (C=O) groups excluding carboxylic acids is 1. The van der Waals surface area contributed by atoms with E-state index in [1.165, 1.54) is 23.5 Å². The number of ketones is 1. The van der Waals surface area contributed by atoms with Crippen LogP contribution in [0.25, 0.3) is 10.6 Å². The highest BCUT2D eigenvalue weighted by Gasteiger charge is 2.22. The fraction of sp³-hybridized carbons (Fsp3) is 0.190. The van der Waals surface area contributed by atoms with E-state index in [2.05, 4.69) is 4.98 Å². The summed E-state index contributed by atoms with van der Waals surface area (Å²) in [7, 11) is 0. The van der Waals surface area contributed by atoms with Gasteiger partial charge in [0.1, 0.15) is 16.6 Å². The Bertz CT molecular complexity index is 922. The molecule has 1 atom stereocenters. The number of hydrogen-bond acceptors (Lipinski definition) is 4. The van der Waals surface area contributed by atoms with E-state index in [1.807, 2.05) is 30.3 Å². The molecule has 0 radical (unpaired) electrons. The normalized spacial score (nSPS) is 11.9. The van der Waals surface area contributed by atoms with E-state index < -0.39 is 11.9 Å². The van der Waals surface area contributed by atoms with Gasteiger partial charge in [-0.1, -0.05) is 30.3 Å². The van der Waals surface area contributed by atoms with E-state index in [4.69, 9.17) is 0 Å². The molecule has 138 valence electrons. The molecule has 6 heteroatoms. The van der Waals surface area contributed by atoms with Gasteiger partial charge in [0.15, 0.2) is 0 Å². The highest BCUT2D eigenvalue weighted by Crippen LogP contribution is 2.24. The zero-order valence-electron chi connectivity index (χ0n) is 14.5. The average molecular weight is 383 g/mol. The molecule has 0 saturated heterocycles. The molecular formula is C21H18FNO3S. The third-order valence-corrected chi connectivity index (χ3v) is 5.11. The fourth-order valence-electron chi connectivity index (χ4n) is 2.81. The molecule has 0 aliphatic heterocycles. The van der Waals surface area contributed by atoms with Gasteiger partial charge >= 0.3 is 5.97 Å². The number of thiazole rings is 1. The number of carboxylic acid groups (broad SMARTS) is 1. The quantitative estimate of drug-likeness (QED) is 0.626. The van der Waals surface area contributed by atoms with Crippen molar-refractivity contribution < 1.29 is 19.1 Å². The maximum absolute atomic E-state index is 13.0. The van der Waals surface area contributed by atoms with Gasteiger partial charge in [-0.15, -0.1) is 11.3 Å². The molecule has 0 saturated carbocycles. The zero-order chi connectivity index (χ0) is 19.2. The summed E-state index contributed by atoms with van der Waals surface area (Å²) in [6, 6.07) is 15.3. The summed E-state index contributed by atoms with van der Waals surface area (Å²) in [4.78, 5) is 28.3. The smallest absolute Gasteiger partial charge is 0.307 e. The molecule has 0 amide bonds. The molecule has 4 nitrogen and oxygen atoms in total. The van der Waals surface area contributed by atoms with Gasteiger partial charge in [0.25, 0.3) is 0 Å². The van der Waals surface area contributed by atoms with Gasteiger partial charge in [0.2, 0.25) is 0 Å². The van der Waals surface area contributed by atoms with Gasteiger partial charge in [0, 0.05) is 23.8 Å². The first-order chi connectivity index (χ1) is 13.0. The highest BCUT2D eigenvalue weighted by molar-refractivity contribution is 7.13. The minimum absolute atomic E-state index is 0.0341. The van der Waals surface area contributed by atoms with E-state index in [1.54, 1.807) is 17.5 Å². The van der Waals surface area contributed by atoms with Crippen LogP contribution in [-0.2, 0) is 22.4 Å². The molecule has 0 spiro atoms. The summed E-state index contributed by atoms with van der Waals surface area (Å²) in [5, 5.41) is 11.9. The van der Waals surface area contributed by atoms with Gasteiger partial charge in [-0.05, 0) is 36.2 Å². The predicted molar refractivity (Wildman–Crippen MR) is 102 cm³/mol. The largest absolute Gasteiger partial charge is 0.481 e. The number of carboxylic acids is 1. The molecule has 1 aromatic heterocycles. The average Bonchev–Trinajstić information content (AvgIpc) is 3.11. The third kappa shape index (κ3) is 5.31. The Morgan fingerprint density at radius 2 is 1.78 bits per heavy atom. The summed E-state index contributed by atoms with van der Waals surface area (Å²) in [5.41, 5.74) is 2.28. The van der Waals surface area contributed by atoms with E-state index in [9.17, 15) is 19.1 Å². The summed E-state index contributed by atoms with van der Waals surface area (Å²) in [6.07, 6.45) is 0.379. The number of carbonyl (C=O) groups is 2. The lowest BCUT2D eigenvalue weighted by Crippen LogP contribution is -2.21. The molecule has 3 aromatic rings. The van der Waals surface area contributed by atoms with Crippen molar-refractivity contribution in [3.8, 4) is 10.6 Å². The lowest BCUT2D eigenvalue weighted by Gasteiger charge is -2.11. The lowest BCUT2D eigenvalue weighted by atomic mass is 9.93. The highest BCUT2D eigenvalue weighted by atomic mass is 32.1. The van der Waals surface area contributed by atoms with E-state index in [-0.39, 0.29) is 24.4 Å². The molecule has 2 aromatic carbocycles. The van der Waals surface area contributed by atoms with E-state index in [0.717, 1.165) is 11.1 Å². The van der Waals surface area contributed by atoms with Gasteiger partial charge in [-0.3, -0.25) is 9.59 Å². The topological polar surface area (TPSA) is 67.3 Å². The van der Waals surface area contributed by atoms with Crippen LogP contribution in [0, 0.1) is 11.7 Å². The number of benzene rings is 2. The maximum Gasteiger partial charge on any atom is 0.307 e. The van der Waals surface area contributed by atoms with Crippen molar-refractivity contribution in [1.29, 1.82) is 0 Å². The first-order valence-electron chi connectivity index (χ1n) is 8.50. The summed E-state index contributed by atoms with van der Waals surface area (Å²) in [6.45, 7) is 0. The van der Waals surface area contributed by atoms with Crippen molar-refractivity contribution in [3.05, 3.63) is 77.1 Å². The fourth-order valence-corrected chi connectivity index (χ4v) is 3.63. The molecule has 1 heterocycles. The van der Waals surface area contributed by atoms with Crippen LogP contribution < -0.4 is 0 Å². The lowest BCUT2D eigenvalue weighted by molar-refractivity contribution is -0.143. The van der Waals surface area contributed by atoms with Crippen LogP contribution in [0.15, 0.2) is 60.0 Å². The van der Waals surface area contributed by atoms with Crippen molar-refractivity contribution >= 4 is 23.1 Å². The van der Waals surface area contributed by atoms with Crippen molar-refractivity contribution in [2.24, 2.45) is 5.92 Å². The van der Waals surface area contributed by atoms with Crippen LogP contribution in [0.2, 0.25) is 0 Å². The SMILES string of the molecule is O=C(Cc1csc(-c2ccc(F)cc2)n1)C[C@@H](Cc1ccccc1)C(=O)O. The predicted octanol–water partition coefficient (Wildman–Crippen LogP) is 4.39. The van der Waals surface area contributed by atoms with E-state index >= 15 is 0 Å². The van der Waals surface area contributed by atoms with Gasteiger partial charge in [0.05, 0.1) is 11.6 Å². The summed E-state index contributed by atoms with van der Waals surface area (Å²) < 4.78 is 13.0. The molecule has 0 aliphatic rings.